The van der Waals surface area contributed by atoms with Crippen molar-refractivity contribution in [1.82, 2.24) is 10.3 Å². The van der Waals surface area contributed by atoms with Crippen molar-refractivity contribution in [2.75, 3.05) is 25.0 Å². The summed E-state index contributed by atoms with van der Waals surface area (Å²) in [5, 5.41) is 6.85. The SMILES string of the molecule is Cc1ccc2ccc(C(=O)Nc3ccc([C@H]4CNCCO4)c(F)c3)nc2c1.Cl. The molecular formula is C21H21ClFN3O2. The minimum absolute atomic E-state index is 0. The molecule has 4 rings (SSSR count). The Labute approximate surface area is 168 Å². The van der Waals surface area contributed by atoms with Crippen LogP contribution in [0, 0.1) is 12.7 Å². The highest BCUT2D eigenvalue weighted by atomic mass is 35.5. The summed E-state index contributed by atoms with van der Waals surface area (Å²) in [5.74, 6) is -0.773. The molecule has 1 atom stereocenters. The smallest absolute Gasteiger partial charge is 0.274 e. The number of nitrogens with one attached hydrogen (secondary N) is 2. The number of rotatable bonds is 3. The van der Waals surface area contributed by atoms with E-state index in [0.717, 1.165) is 23.0 Å². The molecule has 0 bridgehead atoms. The maximum absolute atomic E-state index is 14.5. The second-order valence-electron chi connectivity index (χ2n) is 6.65. The average Bonchev–Trinajstić information content (AvgIpc) is 2.68. The van der Waals surface area contributed by atoms with E-state index in [4.69, 9.17) is 4.74 Å². The Bertz CT molecular complexity index is 1010. The van der Waals surface area contributed by atoms with Gasteiger partial charge in [0.1, 0.15) is 11.5 Å². The largest absolute Gasteiger partial charge is 0.371 e. The van der Waals surface area contributed by atoms with E-state index in [1.54, 1.807) is 18.2 Å². The Balaban J connectivity index is 0.00000225. The van der Waals surface area contributed by atoms with Crippen LogP contribution in [0.15, 0.2) is 48.5 Å². The van der Waals surface area contributed by atoms with Crippen LogP contribution in [-0.2, 0) is 4.74 Å². The first kappa shape index (κ1) is 20.2. The highest BCUT2D eigenvalue weighted by Gasteiger charge is 2.20. The predicted octanol–water partition coefficient (Wildman–Crippen LogP) is 4.02. The average molecular weight is 402 g/mol. The molecule has 5 nitrogen and oxygen atoms in total. The Hall–Kier alpha value is -2.54. The van der Waals surface area contributed by atoms with Crippen molar-refractivity contribution in [2.24, 2.45) is 0 Å². The second kappa shape index (κ2) is 8.65. The number of carbonyl (C=O) groups excluding carboxylic acids is 1. The molecule has 0 radical (unpaired) electrons. The zero-order valence-electron chi connectivity index (χ0n) is 15.4. The van der Waals surface area contributed by atoms with Gasteiger partial charge >= 0.3 is 0 Å². The summed E-state index contributed by atoms with van der Waals surface area (Å²) in [7, 11) is 0. The van der Waals surface area contributed by atoms with Crippen molar-refractivity contribution in [2.45, 2.75) is 13.0 Å². The lowest BCUT2D eigenvalue weighted by Crippen LogP contribution is -2.33. The number of ether oxygens (including phenoxy) is 1. The molecule has 0 spiro atoms. The Morgan fingerprint density at radius 2 is 2.04 bits per heavy atom. The highest BCUT2D eigenvalue weighted by molar-refractivity contribution is 6.04. The van der Waals surface area contributed by atoms with Crippen LogP contribution >= 0.6 is 12.4 Å². The van der Waals surface area contributed by atoms with E-state index in [9.17, 15) is 9.18 Å². The number of halogens is 2. The van der Waals surface area contributed by atoms with Crippen LogP contribution in [0.25, 0.3) is 10.9 Å². The third-order valence-corrected chi connectivity index (χ3v) is 4.61. The molecule has 1 amide bonds. The van der Waals surface area contributed by atoms with E-state index in [1.807, 2.05) is 31.2 Å². The first-order valence-electron chi connectivity index (χ1n) is 8.91. The molecule has 0 aliphatic carbocycles. The van der Waals surface area contributed by atoms with E-state index >= 15 is 0 Å². The molecule has 1 aliphatic heterocycles. The molecule has 1 aromatic heterocycles. The maximum atomic E-state index is 14.5. The summed E-state index contributed by atoms with van der Waals surface area (Å²) in [6, 6.07) is 14.1. The number of nitrogens with zero attached hydrogens (tertiary/aromatic N) is 1. The summed E-state index contributed by atoms with van der Waals surface area (Å²) in [6.45, 7) is 3.87. The minimum atomic E-state index is -0.399. The van der Waals surface area contributed by atoms with Crippen molar-refractivity contribution >= 4 is 34.9 Å². The first-order valence-corrected chi connectivity index (χ1v) is 8.91. The van der Waals surface area contributed by atoms with Gasteiger partial charge in [-0.1, -0.05) is 24.3 Å². The van der Waals surface area contributed by atoms with Gasteiger partial charge in [0.05, 0.1) is 18.2 Å². The number of morpholine rings is 1. The lowest BCUT2D eigenvalue weighted by atomic mass is 10.1. The van der Waals surface area contributed by atoms with Crippen LogP contribution in [0.4, 0.5) is 10.1 Å². The quantitative estimate of drug-likeness (QED) is 0.695. The van der Waals surface area contributed by atoms with E-state index in [-0.39, 0.29) is 30.1 Å². The summed E-state index contributed by atoms with van der Waals surface area (Å²) in [6.07, 6.45) is -0.311. The monoisotopic (exact) mass is 401 g/mol. The summed E-state index contributed by atoms with van der Waals surface area (Å²) >= 11 is 0. The Kier molecular flexibility index (Phi) is 6.24. The van der Waals surface area contributed by atoms with E-state index in [2.05, 4.69) is 15.6 Å². The second-order valence-corrected chi connectivity index (χ2v) is 6.65. The number of fused-ring (bicyclic) bond motifs is 1. The molecule has 1 fully saturated rings. The molecule has 146 valence electrons. The van der Waals surface area contributed by atoms with Gasteiger partial charge < -0.3 is 15.4 Å². The molecular weight excluding hydrogens is 381 g/mol. The zero-order chi connectivity index (χ0) is 18.8. The van der Waals surface area contributed by atoms with Crippen molar-refractivity contribution in [1.29, 1.82) is 0 Å². The summed E-state index contributed by atoms with van der Waals surface area (Å²) < 4.78 is 20.1. The molecule has 1 aliphatic rings. The van der Waals surface area contributed by atoms with Gasteiger partial charge in [-0.2, -0.15) is 0 Å². The third kappa shape index (κ3) is 4.30. The van der Waals surface area contributed by atoms with Crippen LogP contribution in [0.5, 0.6) is 0 Å². The van der Waals surface area contributed by atoms with Gasteiger partial charge in [-0.25, -0.2) is 9.37 Å². The van der Waals surface area contributed by atoms with Gasteiger partial charge in [0, 0.05) is 29.7 Å². The molecule has 2 aromatic carbocycles. The fraction of sp³-hybridized carbons (Fsp3) is 0.238. The maximum Gasteiger partial charge on any atom is 0.274 e. The summed E-state index contributed by atoms with van der Waals surface area (Å²) in [4.78, 5) is 16.9. The van der Waals surface area contributed by atoms with E-state index < -0.39 is 5.82 Å². The number of pyridine rings is 1. The first-order chi connectivity index (χ1) is 13.1. The molecule has 1 saturated heterocycles. The number of carbonyl (C=O) groups is 1. The fourth-order valence-electron chi connectivity index (χ4n) is 3.18. The standard InChI is InChI=1S/C21H20FN3O2.ClH/c1-13-2-3-14-4-7-18(25-19(14)10-13)21(26)24-15-5-6-16(17(22)11-15)20-12-23-8-9-27-20;/h2-7,10-11,20,23H,8-9,12H2,1H3,(H,24,26);1H/t20-;/m1./s1. The number of aromatic nitrogens is 1. The van der Waals surface area contributed by atoms with Crippen LogP contribution in [0.1, 0.15) is 27.7 Å². The van der Waals surface area contributed by atoms with Gasteiger partial charge in [-0.15, -0.1) is 12.4 Å². The number of benzene rings is 2. The molecule has 3 aromatic rings. The lowest BCUT2D eigenvalue weighted by Gasteiger charge is -2.24. The normalized spacial score (nSPS) is 16.4. The number of hydrogen-bond donors (Lipinski definition) is 2. The topological polar surface area (TPSA) is 63.2 Å². The molecule has 2 heterocycles. The number of hydrogen-bond acceptors (Lipinski definition) is 4. The third-order valence-electron chi connectivity index (χ3n) is 4.61. The van der Waals surface area contributed by atoms with Gasteiger partial charge in [0.25, 0.3) is 5.91 Å². The number of anilines is 1. The number of aryl methyl sites for hydroxylation is 1. The van der Waals surface area contributed by atoms with Gasteiger partial charge in [-0.05, 0) is 36.8 Å². The van der Waals surface area contributed by atoms with Crippen LogP contribution in [0.3, 0.4) is 0 Å². The highest BCUT2D eigenvalue weighted by Crippen LogP contribution is 2.24. The van der Waals surface area contributed by atoms with Gasteiger partial charge in [0.15, 0.2) is 0 Å². The minimum Gasteiger partial charge on any atom is -0.371 e. The van der Waals surface area contributed by atoms with Crippen molar-refractivity contribution in [3.63, 3.8) is 0 Å². The molecule has 2 N–H and O–H groups in total. The molecule has 7 heteroatoms. The van der Waals surface area contributed by atoms with Crippen LogP contribution < -0.4 is 10.6 Å². The fourth-order valence-corrected chi connectivity index (χ4v) is 3.18. The van der Waals surface area contributed by atoms with Crippen LogP contribution in [-0.4, -0.2) is 30.6 Å². The van der Waals surface area contributed by atoms with E-state index in [0.29, 0.717) is 24.4 Å². The van der Waals surface area contributed by atoms with Crippen molar-refractivity contribution in [3.05, 3.63) is 71.2 Å². The van der Waals surface area contributed by atoms with Crippen LogP contribution in [0.2, 0.25) is 0 Å². The van der Waals surface area contributed by atoms with Gasteiger partial charge in [-0.3, -0.25) is 4.79 Å². The predicted molar refractivity (Wildman–Crippen MR) is 110 cm³/mol. The molecule has 28 heavy (non-hydrogen) atoms. The molecule has 0 unspecified atom stereocenters. The zero-order valence-corrected chi connectivity index (χ0v) is 16.2. The van der Waals surface area contributed by atoms with Crippen molar-refractivity contribution in [3.8, 4) is 0 Å². The summed E-state index contributed by atoms with van der Waals surface area (Å²) in [5.41, 5.74) is 2.99. The molecule has 0 saturated carbocycles. The van der Waals surface area contributed by atoms with E-state index in [1.165, 1.54) is 6.07 Å². The Morgan fingerprint density at radius 1 is 1.21 bits per heavy atom. The Morgan fingerprint density at radius 3 is 2.79 bits per heavy atom. The van der Waals surface area contributed by atoms with Gasteiger partial charge in [0.2, 0.25) is 0 Å². The number of amides is 1. The lowest BCUT2D eigenvalue weighted by molar-refractivity contribution is 0.0255. The van der Waals surface area contributed by atoms with Crippen molar-refractivity contribution < 1.29 is 13.9 Å².